The highest BCUT2D eigenvalue weighted by Crippen LogP contribution is 2.12. The second-order valence-electron chi connectivity index (χ2n) is 5.12. The second kappa shape index (κ2) is 6.62. The van der Waals surface area contributed by atoms with Gasteiger partial charge in [-0.3, -0.25) is 9.59 Å². The molecule has 0 aliphatic carbocycles. The molecule has 3 aromatic rings. The van der Waals surface area contributed by atoms with Crippen molar-refractivity contribution in [3.05, 3.63) is 75.2 Å². The predicted molar refractivity (Wildman–Crippen MR) is 89.4 cm³/mol. The summed E-state index contributed by atoms with van der Waals surface area (Å²) in [4.78, 5) is 23.8. The average molecular weight is 328 g/mol. The van der Waals surface area contributed by atoms with Gasteiger partial charge in [0.2, 0.25) is 5.91 Å². The normalized spacial score (nSPS) is 10.7. The number of halogens is 1. The fourth-order valence-electron chi connectivity index (χ4n) is 2.34. The van der Waals surface area contributed by atoms with E-state index >= 15 is 0 Å². The first-order valence-corrected chi connectivity index (χ1v) is 7.49. The number of nitrogens with zero attached hydrogens (tertiary/aromatic N) is 1. The van der Waals surface area contributed by atoms with Gasteiger partial charge in [0.05, 0.1) is 24.0 Å². The number of hydrogen-bond acceptors (Lipinski definition) is 3. The van der Waals surface area contributed by atoms with Crippen molar-refractivity contribution in [3.8, 4) is 0 Å². The molecule has 0 unspecified atom stereocenters. The second-order valence-corrected chi connectivity index (χ2v) is 5.56. The quantitative estimate of drug-likeness (QED) is 0.773. The van der Waals surface area contributed by atoms with Gasteiger partial charge in [-0.1, -0.05) is 41.9 Å². The van der Waals surface area contributed by atoms with Crippen LogP contribution >= 0.6 is 11.6 Å². The largest absolute Gasteiger partial charge is 0.350 e. The van der Waals surface area contributed by atoms with Crippen LogP contribution in [0, 0.1) is 0 Å². The number of hydrogen-bond donors (Lipinski definition) is 2. The summed E-state index contributed by atoms with van der Waals surface area (Å²) in [6.45, 7) is 0.254. The number of benzene rings is 2. The Bertz CT molecular complexity index is 904. The summed E-state index contributed by atoms with van der Waals surface area (Å²) >= 11 is 5.82. The molecule has 0 aliphatic heterocycles. The van der Waals surface area contributed by atoms with Crippen molar-refractivity contribution >= 4 is 28.3 Å². The van der Waals surface area contributed by atoms with Crippen LogP contribution in [0.2, 0.25) is 5.02 Å². The van der Waals surface area contributed by atoms with Crippen molar-refractivity contribution in [2.24, 2.45) is 0 Å². The summed E-state index contributed by atoms with van der Waals surface area (Å²) in [5.41, 5.74) is 1.27. The van der Waals surface area contributed by atoms with Gasteiger partial charge >= 0.3 is 0 Å². The average Bonchev–Trinajstić information content (AvgIpc) is 2.57. The minimum Gasteiger partial charge on any atom is -0.350 e. The molecule has 1 amide bonds. The van der Waals surface area contributed by atoms with Crippen LogP contribution in [0.3, 0.4) is 0 Å². The summed E-state index contributed by atoms with van der Waals surface area (Å²) in [5.74, 6) is -0.121. The molecule has 2 N–H and O–H groups in total. The maximum Gasteiger partial charge on any atom is 0.272 e. The molecular formula is C17H14ClN3O2. The SMILES string of the molecule is O=C(Cc1ccc(Cl)cc1)NCc1n[nH]c(=O)c2ccccc12. The molecule has 3 rings (SSSR count). The smallest absolute Gasteiger partial charge is 0.272 e. The van der Waals surface area contributed by atoms with Crippen molar-refractivity contribution in [2.45, 2.75) is 13.0 Å². The lowest BCUT2D eigenvalue weighted by Gasteiger charge is -2.07. The zero-order valence-electron chi connectivity index (χ0n) is 12.2. The van der Waals surface area contributed by atoms with E-state index in [0.717, 1.165) is 10.9 Å². The Morgan fingerprint density at radius 1 is 1.09 bits per heavy atom. The highest BCUT2D eigenvalue weighted by Gasteiger charge is 2.08. The summed E-state index contributed by atoms with van der Waals surface area (Å²) in [5, 5.41) is 11.2. The molecular weight excluding hydrogens is 314 g/mol. The number of rotatable bonds is 4. The molecule has 1 heterocycles. The molecule has 0 bridgehead atoms. The van der Waals surface area contributed by atoms with Crippen LogP contribution < -0.4 is 10.9 Å². The lowest BCUT2D eigenvalue weighted by Crippen LogP contribution is -2.26. The van der Waals surface area contributed by atoms with E-state index in [-0.39, 0.29) is 24.4 Å². The number of fused-ring (bicyclic) bond motifs is 1. The monoisotopic (exact) mass is 327 g/mol. The summed E-state index contributed by atoms with van der Waals surface area (Å²) < 4.78 is 0. The molecule has 0 spiro atoms. The number of aromatic amines is 1. The molecule has 0 fully saturated rings. The fraction of sp³-hybridized carbons (Fsp3) is 0.118. The van der Waals surface area contributed by atoms with Crippen LogP contribution in [0.5, 0.6) is 0 Å². The van der Waals surface area contributed by atoms with Crippen LogP contribution in [0.25, 0.3) is 10.8 Å². The van der Waals surface area contributed by atoms with Gasteiger partial charge in [-0.2, -0.15) is 5.10 Å². The van der Waals surface area contributed by atoms with E-state index in [0.29, 0.717) is 16.1 Å². The third-order valence-electron chi connectivity index (χ3n) is 3.51. The Hall–Kier alpha value is -2.66. The van der Waals surface area contributed by atoms with E-state index in [1.165, 1.54) is 0 Å². The van der Waals surface area contributed by atoms with E-state index in [2.05, 4.69) is 15.5 Å². The maximum absolute atomic E-state index is 12.0. The first-order chi connectivity index (χ1) is 11.1. The van der Waals surface area contributed by atoms with Crippen LogP contribution in [0.1, 0.15) is 11.3 Å². The Balaban J connectivity index is 1.71. The molecule has 116 valence electrons. The van der Waals surface area contributed by atoms with Gasteiger partial charge in [-0.25, -0.2) is 5.10 Å². The van der Waals surface area contributed by atoms with Gasteiger partial charge in [0, 0.05) is 10.4 Å². The summed E-state index contributed by atoms with van der Waals surface area (Å²) in [7, 11) is 0. The molecule has 23 heavy (non-hydrogen) atoms. The summed E-state index contributed by atoms with van der Waals surface area (Å²) in [6, 6.07) is 14.3. The van der Waals surface area contributed by atoms with Crippen LogP contribution in [-0.4, -0.2) is 16.1 Å². The van der Waals surface area contributed by atoms with Gasteiger partial charge in [0.25, 0.3) is 5.56 Å². The number of amides is 1. The van der Waals surface area contributed by atoms with Crippen molar-refractivity contribution < 1.29 is 4.79 Å². The van der Waals surface area contributed by atoms with Gasteiger partial charge in [0.15, 0.2) is 0 Å². The van der Waals surface area contributed by atoms with Crippen molar-refractivity contribution in [3.63, 3.8) is 0 Å². The Labute approximate surface area is 137 Å². The molecule has 2 aromatic carbocycles. The third kappa shape index (κ3) is 3.57. The molecule has 6 heteroatoms. The predicted octanol–water partition coefficient (Wildman–Crippen LogP) is 2.44. The summed E-state index contributed by atoms with van der Waals surface area (Å²) in [6.07, 6.45) is 0.262. The van der Waals surface area contributed by atoms with E-state index in [9.17, 15) is 9.59 Å². The Morgan fingerprint density at radius 2 is 1.78 bits per heavy atom. The lowest BCUT2D eigenvalue weighted by atomic mass is 10.1. The number of aromatic nitrogens is 2. The molecule has 0 radical (unpaired) electrons. The minimum absolute atomic E-state index is 0.121. The van der Waals surface area contributed by atoms with E-state index < -0.39 is 0 Å². The van der Waals surface area contributed by atoms with Gasteiger partial charge in [-0.15, -0.1) is 0 Å². The molecule has 0 atom stereocenters. The molecule has 5 nitrogen and oxygen atoms in total. The topological polar surface area (TPSA) is 74.8 Å². The van der Waals surface area contributed by atoms with Crippen molar-refractivity contribution in [2.75, 3.05) is 0 Å². The molecule has 0 saturated heterocycles. The van der Waals surface area contributed by atoms with Crippen molar-refractivity contribution in [1.29, 1.82) is 0 Å². The Morgan fingerprint density at radius 3 is 2.52 bits per heavy atom. The first kappa shape index (κ1) is 15.2. The minimum atomic E-state index is -0.239. The standard InChI is InChI=1S/C17H14ClN3O2/c18-12-7-5-11(6-8-12)9-16(22)19-10-15-13-3-1-2-4-14(13)17(23)21-20-15/h1-8H,9-10H2,(H,19,22)(H,21,23). The highest BCUT2D eigenvalue weighted by atomic mass is 35.5. The van der Waals surface area contributed by atoms with Crippen LogP contribution in [0.4, 0.5) is 0 Å². The number of carbonyl (C=O) groups excluding carboxylic acids is 1. The van der Waals surface area contributed by atoms with E-state index in [1.807, 2.05) is 24.3 Å². The molecule has 0 aliphatic rings. The highest BCUT2D eigenvalue weighted by molar-refractivity contribution is 6.30. The molecule has 0 saturated carbocycles. The van der Waals surface area contributed by atoms with E-state index in [1.54, 1.807) is 24.3 Å². The number of H-pyrrole nitrogens is 1. The van der Waals surface area contributed by atoms with Gasteiger partial charge in [-0.05, 0) is 23.8 Å². The van der Waals surface area contributed by atoms with Crippen LogP contribution in [-0.2, 0) is 17.8 Å². The van der Waals surface area contributed by atoms with E-state index in [4.69, 9.17) is 11.6 Å². The van der Waals surface area contributed by atoms with Gasteiger partial charge < -0.3 is 5.32 Å². The Kier molecular flexibility index (Phi) is 4.39. The lowest BCUT2D eigenvalue weighted by molar-refractivity contribution is -0.120. The van der Waals surface area contributed by atoms with Gasteiger partial charge in [0.1, 0.15) is 0 Å². The number of nitrogens with one attached hydrogen (secondary N) is 2. The third-order valence-corrected chi connectivity index (χ3v) is 3.76. The first-order valence-electron chi connectivity index (χ1n) is 7.11. The molecule has 1 aromatic heterocycles. The fourth-order valence-corrected chi connectivity index (χ4v) is 2.46. The van der Waals surface area contributed by atoms with Crippen LogP contribution in [0.15, 0.2) is 53.3 Å². The maximum atomic E-state index is 12.0. The number of carbonyl (C=O) groups is 1. The van der Waals surface area contributed by atoms with Crippen molar-refractivity contribution in [1.82, 2.24) is 15.5 Å². The zero-order chi connectivity index (χ0) is 16.2. The zero-order valence-corrected chi connectivity index (χ0v) is 12.9.